The highest BCUT2D eigenvalue weighted by atomic mass is 79.9. The first-order valence-electron chi connectivity index (χ1n) is 7.31. The van der Waals surface area contributed by atoms with Crippen molar-refractivity contribution in [2.45, 2.75) is 12.8 Å². The third-order valence-corrected chi connectivity index (χ3v) is 3.94. The van der Waals surface area contributed by atoms with Gasteiger partial charge in [0.2, 0.25) is 0 Å². The normalized spacial score (nSPS) is 9.78. The molecule has 0 fully saturated rings. The number of halogens is 1. The Morgan fingerprint density at radius 1 is 0.870 bits per heavy atom. The highest BCUT2D eigenvalue weighted by Gasteiger charge is 2.00. The van der Waals surface area contributed by atoms with Crippen LogP contribution in [0.2, 0.25) is 0 Å². The Bertz CT molecular complexity index is 587. The van der Waals surface area contributed by atoms with Crippen molar-refractivity contribution in [2.24, 2.45) is 0 Å². The van der Waals surface area contributed by atoms with Crippen LogP contribution in [-0.4, -0.2) is 37.6 Å². The van der Waals surface area contributed by atoms with Crippen LogP contribution in [0.3, 0.4) is 0 Å². The van der Waals surface area contributed by atoms with Crippen molar-refractivity contribution >= 4 is 15.9 Å². The minimum atomic E-state index is 0.158. The highest BCUT2D eigenvalue weighted by molar-refractivity contribution is 9.10. The first-order chi connectivity index (χ1) is 11.1. The molecule has 0 atom stereocenters. The Hall–Kier alpha value is -1.56. The molecule has 0 aromatic heterocycles. The second-order valence-corrected chi connectivity index (χ2v) is 5.61. The van der Waals surface area contributed by atoms with E-state index in [1.165, 1.54) is 0 Å². The maximum Gasteiger partial charge on any atom is 0.119 e. The number of aliphatic hydroxyl groups excluding tert-OH is 2. The molecule has 23 heavy (non-hydrogen) atoms. The lowest BCUT2D eigenvalue weighted by Crippen LogP contribution is -1.93. The second-order valence-electron chi connectivity index (χ2n) is 4.76. The SMILES string of the molecule is COc1ccc(Br)c(CCO)c1.COc1cccc(CCO)c1. The zero-order chi connectivity index (χ0) is 17.1. The van der Waals surface area contributed by atoms with E-state index in [1.54, 1.807) is 14.2 Å². The van der Waals surface area contributed by atoms with Gasteiger partial charge in [-0.25, -0.2) is 0 Å². The first-order valence-corrected chi connectivity index (χ1v) is 8.11. The lowest BCUT2D eigenvalue weighted by atomic mass is 10.1. The van der Waals surface area contributed by atoms with E-state index >= 15 is 0 Å². The van der Waals surface area contributed by atoms with Gasteiger partial charge in [-0.2, -0.15) is 0 Å². The predicted octanol–water partition coefficient (Wildman–Crippen LogP) is 3.22. The van der Waals surface area contributed by atoms with Gasteiger partial charge >= 0.3 is 0 Å². The Morgan fingerprint density at radius 2 is 1.52 bits per heavy atom. The first kappa shape index (κ1) is 19.5. The van der Waals surface area contributed by atoms with Crippen molar-refractivity contribution in [3.05, 3.63) is 58.1 Å². The fourth-order valence-electron chi connectivity index (χ4n) is 1.95. The molecule has 0 amide bonds. The van der Waals surface area contributed by atoms with E-state index in [4.69, 9.17) is 19.7 Å². The van der Waals surface area contributed by atoms with Crippen LogP contribution in [0.1, 0.15) is 11.1 Å². The predicted molar refractivity (Wildman–Crippen MR) is 95.3 cm³/mol. The van der Waals surface area contributed by atoms with E-state index < -0.39 is 0 Å². The van der Waals surface area contributed by atoms with Gasteiger partial charge in [0.15, 0.2) is 0 Å². The number of hydrogen-bond acceptors (Lipinski definition) is 4. The fourth-order valence-corrected chi connectivity index (χ4v) is 2.39. The lowest BCUT2D eigenvalue weighted by Gasteiger charge is -2.05. The van der Waals surface area contributed by atoms with E-state index in [0.29, 0.717) is 12.8 Å². The van der Waals surface area contributed by atoms with Gasteiger partial charge in [0.05, 0.1) is 14.2 Å². The third-order valence-electron chi connectivity index (χ3n) is 3.17. The highest BCUT2D eigenvalue weighted by Crippen LogP contribution is 2.22. The topological polar surface area (TPSA) is 58.9 Å². The van der Waals surface area contributed by atoms with Crippen LogP contribution in [0, 0.1) is 0 Å². The van der Waals surface area contributed by atoms with E-state index in [-0.39, 0.29) is 13.2 Å². The van der Waals surface area contributed by atoms with Crippen LogP contribution in [0.5, 0.6) is 11.5 Å². The summed E-state index contributed by atoms with van der Waals surface area (Å²) in [5.74, 6) is 1.66. The summed E-state index contributed by atoms with van der Waals surface area (Å²) in [7, 11) is 3.27. The Kier molecular flexibility index (Phi) is 9.36. The number of benzene rings is 2. The average Bonchev–Trinajstić information content (AvgIpc) is 2.58. The number of methoxy groups -OCH3 is 2. The summed E-state index contributed by atoms with van der Waals surface area (Å²) in [6.45, 7) is 0.346. The van der Waals surface area contributed by atoms with Gasteiger partial charge in [0.1, 0.15) is 11.5 Å². The molecule has 0 bridgehead atoms. The zero-order valence-corrected chi connectivity index (χ0v) is 15.0. The second kappa shape index (κ2) is 11.0. The van der Waals surface area contributed by atoms with Crippen LogP contribution in [-0.2, 0) is 12.8 Å². The molecular formula is C18H23BrO4. The monoisotopic (exact) mass is 382 g/mol. The minimum Gasteiger partial charge on any atom is -0.497 e. The molecule has 2 aromatic carbocycles. The van der Waals surface area contributed by atoms with E-state index in [1.807, 2.05) is 42.5 Å². The Balaban J connectivity index is 0.000000231. The Morgan fingerprint density at radius 3 is 2.13 bits per heavy atom. The maximum absolute atomic E-state index is 8.75. The summed E-state index contributed by atoms with van der Waals surface area (Å²) in [4.78, 5) is 0. The van der Waals surface area contributed by atoms with Gasteiger partial charge in [-0.3, -0.25) is 0 Å². The van der Waals surface area contributed by atoms with Crippen LogP contribution in [0.25, 0.3) is 0 Å². The summed E-state index contributed by atoms with van der Waals surface area (Å²) < 4.78 is 11.1. The molecule has 2 rings (SSSR count). The molecule has 0 saturated heterocycles. The summed E-state index contributed by atoms with van der Waals surface area (Å²) >= 11 is 3.39. The molecule has 5 heteroatoms. The molecule has 0 unspecified atom stereocenters. The molecule has 2 aromatic rings. The molecule has 0 aliphatic rings. The number of hydrogen-bond donors (Lipinski definition) is 2. The summed E-state index contributed by atoms with van der Waals surface area (Å²) in [6, 6.07) is 13.4. The van der Waals surface area contributed by atoms with Crippen molar-refractivity contribution in [3.8, 4) is 11.5 Å². The molecule has 0 aliphatic carbocycles. The van der Waals surface area contributed by atoms with Gasteiger partial charge in [0, 0.05) is 17.7 Å². The largest absolute Gasteiger partial charge is 0.497 e. The molecule has 0 aliphatic heterocycles. The molecule has 4 nitrogen and oxygen atoms in total. The lowest BCUT2D eigenvalue weighted by molar-refractivity contribution is 0.299. The van der Waals surface area contributed by atoms with Gasteiger partial charge in [-0.05, 0) is 54.3 Å². The zero-order valence-electron chi connectivity index (χ0n) is 13.5. The quantitative estimate of drug-likeness (QED) is 0.804. The van der Waals surface area contributed by atoms with Crippen LogP contribution in [0.15, 0.2) is 46.9 Å². The summed E-state index contributed by atoms with van der Waals surface area (Å²) in [5, 5.41) is 17.4. The van der Waals surface area contributed by atoms with Crippen molar-refractivity contribution < 1.29 is 19.7 Å². The summed E-state index contributed by atoms with van der Waals surface area (Å²) in [6.07, 6.45) is 1.34. The Labute approximate surface area is 145 Å². The molecular weight excluding hydrogens is 360 g/mol. The van der Waals surface area contributed by atoms with Crippen LogP contribution in [0.4, 0.5) is 0 Å². The van der Waals surface area contributed by atoms with Crippen LogP contribution >= 0.6 is 15.9 Å². The smallest absolute Gasteiger partial charge is 0.119 e. The van der Waals surface area contributed by atoms with E-state index in [2.05, 4.69) is 15.9 Å². The van der Waals surface area contributed by atoms with Gasteiger partial charge < -0.3 is 19.7 Å². The van der Waals surface area contributed by atoms with Gasteiger partial charge in [-0.1, -0.05) is 28.1 Å². The van der Waals surface area contributed by atoms with Crippen molar-refractivity contribution in [3.63, 3.8) is 0 Å². The number of aliphatic hydroxyl groups is 2. The third kappa shape index (κ3) is 7.03. The number of rotatable bonds is 6. The molecule has 0 heterocycles. The average molecular weight is 383 g/mol. The van der Waals surface area contributed by atoms with E-state index in [9.17, 15) is 0 Å². The molecule has 2 N–H and O–H groups in total. The van der Waals surface area contributed by atoms with Crippen molar-refractivity contribution in [1.82, 2.24) is 0 Å². The van der Waals surface area contributed by atoms with Crippen LogP contribution < -0.4 is 9.47 Å². The molecule has 0 saturated carbocycles. The van der Waals surface area contributed by atoms with Gasteiger partial charge in [-0.15, -0.1) is 0 Å². The maximum atomic E-state index is 8.75. The minimum absolute atomic E-state index is 0.158. The molecule has 126 valence electrons. The number of ether oxygens (including phenoxy) is 2. The molecule has 0 radical (unpaired) electrons. The fraction of sp³-hybridized carbons (Fsp3) is 0.333. The summed E-state index contributed by atoms with van der Waals surface area (Å²) in [5.41, 5.74) is 2.17. The standard InChI is InChI=1S/C9H11BrO2.C9H12O2/c1-12-8-2-3-9(10)7(6-8)4-5-11;1-11-9-4-2-3-8(7-9)5-6-10/h2-3,6,11H,4-5H2,1H3;2-4,7,10H,5-6H2,1H3. The molecule has 0 spiro atoms. The van der Waals surface area contributed by atoms with Gasteiger partial charge in [0.25, 0.3) is 0 Å². The van der Waals surface area contributed by atoms with Crippen molar-refractivity contribution in [1.29, 1.82) is 0 Å². The van der Waals surface area contributed by atoms with E-state index in [0.717, 1.165) is 27.1 Å². The van der Waals surface area contributed by atoms with Crippen molar-refractivity contribution in [2.75, 3.05) is 27.4 Å².